The summed E-state index contributed by atoms with van der Waals surface area (Å²) in [6, 6.07) is 69.7. The van der Waals surface area contributed by atoms with Crippen LogP contribution in [-0.2, 0) is 0 Å². The Kier molecular flexibility index (Phi) is 7.06. The Labute approximate surface area is 332 Å². The Bertz CT molecular complexity index is 3510. The zero-order valence-electron chi connectivity index (χ0n) is 30.7. The van der Waals surface area contributed by atoms with Gasteiger partial charge in [-0.15, -0.1) is 11.3 Å². The van der Waals surface area contributed by atoms with E-state index in [9.17, 15) is 0 Å². The first-order chi connectivity index (χ1) is 28.2. The summed E-state index contributed by atoms with van der Waals surface area (Å²) < 4.78 is 5.72. The van der Waals surface area contributed by atoms with Crippen LogP contribution in [0.25, 0.3) is 109 Å². The van der Waals surface area contributed by atoms with Crippen LogP contribution in [0.2, 0.25) is 0 Å². The standard InChI is InChI=1S/C52H32N4S/c1-4-14-33(15-5-1)49-32-44-51(57-49)50(34-16-6-2-7-17-34)54-52(53-44)56-47-27-25-38(30-42(47)43-28-35-18-10-11-19-36(35)31-48(43)56)37-24-26-46-41(29-37)40-22-12-13-23-45(40)55(46)39-20-8-3-9-21-39/h1-32H. The number of thiophene rings is 1. The molecule has 0 spiro atoms. The molecule has 0 bridgehead atoms. The number of aromatic nitrogens is 4. The second kappa shape index (κ2) is 12.6. The molecule has 0 aliphatic carbocycles. The van der Waals surface area contributed by atoms with Gasteiger partial charge in [0, 0.05) is 37.7 Å². The lowest BCUT2D eigenvalue weighted by atomic mass is 10.00. The third-order valence-corrected chi connectivity index (χ3v) is 12.5. The van der Waals surface area contributed by atoms with E-state index in [-0.39, 0.29) is 0 Å². The van der Waals surface area contributed by atoms with Crippen molar-refractivity contribution >= 4 is 75.9 Å². The summed E-state index contributed by atoms with van der Waals surface area (Å²) in [5.41, 5.74) is 12.2. The van der Waals surface area contributed by atoms with Crippen LogP contribution in [0, 0.1) is 0 Å². The maximum absolute atomic E-state index is 5.43. The summed E-state index contributed by atoms with van der Waals surface area (Å²) in [6.45, 7) is 0. The molecule has 12 rings (SSSR count). The second-order valence-corrected chi connectivity index (χ2v) is 15.7. The highest BCUT2D eigenvalue weighted by Gasteiger charge is 2.21. The molecule has 0 aliphatic heterocycles. The van der Waals surface area contributed by atoms with Gasteiger partial charge in [-0.05, 0) is 88.1 Å². The van der Waals surface area contributed by atoms with Crippen molar-refractivity contribution in [3.05, 3.63) is 194 Å². The van der Waals surface area contributed by atoms with E-state index < -0.39 is 0 Å². The number of para-hydroxylation sites is 2. The molecule has 57 heavy (non-hydrogen) atoms. The van der Waals surface area contributed by atoms with Crippen LogP contribution in [0.5, 0.6) is 0 Å². The Morgan fingerprint density at radius 3 is 1.67 bits per heavy atom. The fraction of sp³-hybridized carbons (Fsp3) is 0. The molecule has 5 heteroatoms. The molecular formula is C52H32N4S. The monoisotopic (exact) mass is 744 g/mol. The average molecular weight is 745 g/mol. The van der Waals surface area contributed by atoms with Gasteiger partial charge in [0.25, 0.3) is 0 Å². The minimum absolute atomic E-state index is 0.664. The molecule has 4 nitrogen and oxygen atoms in total. The molecule has 0 amide bonds. The molecule has 8 aromatic carbocycles. The molecular weight excluding hydrogens is 713 g/mol. The Hall–Kier alpha value is -7.34. The SMILES string of the molecule is c1ccc(-c2cc3nc(-n4c5ccc(-c6ccc7c(c6)c6ccccc6n7-c6ccccc6)cc5c5cc6ccccc6cc54)nc(-c4ccccc4)c3s2)cc1. The van der Waals surface area contributed by atoms with Gasteiger partial charge in [0.1, 0.15) is 0 Å². The summed E-state index contributed by atoms with van der Waals surface area (Å²) in [5, 5.41) is 7.21. The minimum atomic E-state index is 0.664. The topological polar surface area (TPSA) is 35.6 Å². The van der Waals surface area contributed by atoms with Gasteiger partial charge in [-0.1, -0.05) is 133 Å². The van der Waals surface area contributed by atoms with Crippen LogP contribution in [0.15, 0.2) is 194 Å². The van der Waals surface area contributed by atoms with E-state index in [0.29, 0.717) is 5.95 Å². The summed E-state index contributed by atoms with van der Waals surface area (Å²) in [6.07, 6.45) is 0. The summed E-state index contributed by atoms with van der Waals surface area (Å²) in [7, 11) is 0. The highest BCUT2D eigenvalue weighted by molar-refractivity contribution is 7.22. The molecule has 0 radical (unpaired) electrons. The van der Waals surface area contributed by atoms with E-state index in [1.165, 1.54) is 64.9 Å². The van der Waals surface area contributed by atoms with Crippen LogP contribution < -0.4 is 0 Å². The van der Waals surface area contributed by atoms with Gasteiger partial charge in [-0.2, -0.15) is 0 Å². The number of fused-ring (bicyclic) bond motifs is 8. The fourth-order valence-electron chi connectivity index (χ4n) is 8.66. The lowest BCUT2D eigenvalue weighted by molar-refractivity contribution is 1.02. The van der Waals surface area contributed by atoms with Crippen molar-refractivity contribution in [3.63, 3.8) is 0 Å². The van der Waals surface area contributed by atoms with Gasteiger partial charge < -0.3 is 4.57 Å². The first kappa shape index (κ1) is 32.0. The zero-order chi connectivity index (χ0) is 37.5. The summed E-state index contributed by atoms with van der Waals surface area (Å²) >= 11 is 1.75. The van der Waals surface area contributed by atoms with E-state index >= 15 is 0 Å². The van der Waals surface area contributed by atoms with Crippen molar-refractivity contribution < 1.29 is 0 Å². The molecule has 0 saturated carbocycles. The normalized spacial score (nSPS) is 11.9. The van der Waals surface area contributed by atoms with Crippen LogP contribution in [0.3, 0.4) is 0 Å². The fourth-order valence-corrected chi connectivity index (χ4v) is 9.78. The number of benzene rings is 8. The van der Waals surface area contributed by atoms with Crippen LogP contribution >= 0.6 is 11.3 Å². The smallest absolute Gasteiger partial charge is 0.235 e. The van der Waals surface area contributed by atoms with Gasteiger partial charge in [0.05, 0.1) is 38.0 Å². The van der Waals surface area contributed by atoms with Crippen LogP contribution in [0.1, 0.15) is 0 Å². The van der Waals surface area contributed by atoms with E-state index in [2.05, 4.69) is 203 Å². The number of rotatable bonds is 5. The van der Waals surface area contributed by atoms with Crippen molar-refractivity contribution in [2.24, 2.45) is 0 Å². The van der Waals surface area contributed by atoms with Gasteiger partial charge in [0.15, 0.2) is 0 Å². The average Bonchev–Trinajstić information content (AvgIpc) is 3.96. The van der Waals surface area contributed by atoms with Gasteiger partial charge in [-0.3, -0.25) is 4.57 Å². The quantitative estimate of drug-likeness (QED) is 0.176. The Morgan fingerprint density at radius 1 is 0.368 bits per heavy atom. The van der Waals surface area contributed by atoms with E-state index in [1.807, 2.05) is 0 Å². The molecule has 266 valence electrons. The first-order valence-corrected chi connectivity index (χ1v) is 20.1. The zero-order valence-corrected chi connectivity index (χ0v) is 31.5. The van der Waals surface area contributed by atoms with E-state index in [0.717, 1.165) is 38.2 Å². The third kappa shape index (κ3) is 5.06. The molecule has 0 aliphatic rings. The lowest BCUT2D eigenvalue weighted by Crippen LogP contribution is -2.02. The predicted octanol–water partition coefficient (Wildman–Crippen LogP) is 14.0. The first-order valence-electron chi connectivity index (χ1n) is 19.2. The molecule has 4 aromatic heterocycles. The van der Waals surface area contributed by atoms with Crippen LogP contribution in [-0.4, -0.2) is 19.1 Å². The lowest BCUT2D eigenvalue weighted by Gasteiger charge is -2.10. The molecule has 0 atom stereocenters. The largest absolute Gasteiger partial charge is 0.309 e. The van der Waals surface area contributed by atoms with Crippen LogP contribution in [0.4, 0.5) is 0 Å². The number of hydrogen-bond acceptors (Lipinski definition) is 3. The highest BCUT2D eigenvalue weighted by atomic mass is 32.1. The van der Waals surface area contributed by atoms with Crippen molar-refractivity contribution in [3.8, 4) is 44.5 Å². The Morgan fingerprint density at radius 2 is 0.930 bits per heavy atom. The van der Waals surface area contributed by atoms with Crippen molar-refractivity contribution in [2.75, 3.05) is 0 Å². The number of hydrogen-bond donors (Lipinski definition) is 0. The van der Waals surface area contributed by atoms with Crippen molar-refractivity contribution in [1.29, 1.82) is 0 Å². The second-order valence-electron chi connectivity index (χ2n) is 14.6. The highest BCUT2D eigenvalue weighted by Crippen LogP contribution is 2.42. The molecule has 0 N–H and O–H groups in total. The summed E-state index contributed by atoms with van der Waals surface area (Å²) in [5.74, 6) is 0.664. The van der Waals surface area contributed by atoms with Gasteiger partial charge in [-0.25, -0.2) is 9.97 Å². The molecule has 0 saturated heterocycles. The maximum atomic E-state index is 5.43. The summed E-state index contributed by atoms with van der Waals surface area (Å²) in [4.78, 5) is 12.0. The molecule has 12 aromatic rings. The minimum Gasteiger partial charge on any atom is -0.309 e. The predicted molar refractivity (Wildman–Crippen MR) is 240 cm³/mol. The van der Waals surface area contributed by atoms with Crippen molar-refractivity contribution in [1.82, 2.24) is 19.1 Å². The third-order valence-electron chi connectivity index (χ3n) is 11.3. The molecule has 0 unspecified atom stereocenters. The molecule has 0 fully saturated rings. The number of nitrogens with zero attached hydrogens (tertiary/aromatic N) is 4. The van der Waals surface area contributed by atoms with Gasteiger partial charge >= 0.3 is 0 Å². The Balaban J connectivity index is 1.10. The van der Waals surface area contributed by atoms with Gasteiger partial charge in [0.2, 0.25) is 5.95 Å². The van der Waals surface area contributed by atoms with E-state index in [1.54, 1.807) is 11.3 Å². The maximum Gasteiger partial charge on any atom is 0.235 e. The molecule has 4 heterocycles. The van der Waals surface area contributed by atoms with E-state index in [4.69, 9.17) is 9.97 Å². The van der Waals surface area contributed by atoms with Crippen molar-refractivity contribution in [2.45, 2.75) is 0 Å².